The molecule has 0 spiro atoms. The smallest absolute Gasteiger partial charge is 0.407 e. The molecule has 18 heavy (non-hydrogen) atoms. The highest BCUT2D eigenvalue weighted by atomic mass is 16.5. The Morgan fingerprint density at radius 1 is 1.56 bits per heavy atom. The molecule has 98 valence electrons. The van der Waals surface area contributed by atoms with Gasteiger partial charge in [-0.1, -0.05) is 18.2 Å². The maximum atomic E-state index is 11.9. The van der Waals surface area contributed by atoms with Crippen LogP contribution in [-0.2, 0) is 9.53 Å². The van der Waals surface area contributed by atoms with E-state index in [2.05, 4.69) is 24.0 Å². The minimum absolute atomic E-state index is 0.121. The van der Waals surface area contributed by atoms with Gasteiger partial charge in [0, 0.05) is 6.54 Å². The van der Waals surface area contributed by atoms with Gasteiger partial charge >= 0.3 is 6.09 Å². The largest absolute Gasteiger partial charge is 0.448 e. The van der Waals surface area contributed by atoms with Crippen molar-refractivity contribution in [3.8, 4) is 0 Å². The van der Waals surface area contributed by atoms with Crippen LogP contribution in [0.5, 0.6) is 0 Å². The Morgan fingerprint density at radius 2 is 2.33 bits per heavy atom. The Kier molecular flexibility index (Phi) is 3.55. The summed E-state index contributed by atoms with van der Waals surface area (Å²) in [6, 6.07) is 0. The molecule has 3 unspecified atom stereocenters. The van der Waals surface area contributed by atoms with Crippen LogP contribution in [0.2, 0.25) is 0 Å². The van der Waals surface area contributed by atoms with Crippen LogP contribution in [0, 0.1) is 17.3 Å². The van der Waals surface area contributed by atoms with Gasteiger partial charge in [0.25, 0.3) is 0 Å². The second-order valence-electron chi connectivity index (χ2n) is 5.15. The number of nitrogens with one attached hydrogen (secondary N) is 1. The number of amides is 1. The highest BCUT2D eigenvalue weighted by Gasteiger charge is 2.52. The number of alkyl carbamates (subject to hydrolysis) is 1. The third-order valence-corrected chi connectivity index (χ3v) is 4.06. The first-order chi connectivity index (χ1) is 8.58. The van der Waals surface area contributed by atoms with E-state index in [0.717, 1.165) is 12.8 Å². The van der Waals surface area contributed by atoms with Crippen LogP contribution >= 0.6 is 0 Å². The van der Waals surface area contributed by atoms with Gasteiger partial charge in [-0.2, -0.15) is 0 Å². The monoisotopic (exact) mass is 249 g/mol. The van der Waals surface area contributed by atoms with Crippen molar-refractivity contribution in [2.75, 3.05) is 13.2 Å². The summed E-state index contributed by atoms with van der Waals surface area (Å²) in [4.78, 5) is 23.3. The van der Waals surface area contributed by atoms with E-state index in [0.29, 0.717) is 12.5 Å². The topological polar surface area (TPSA) is 55.4 Å². The van der Waals surface area contributed by atoms with Crippen LogP contribution in [0.15, 0.2) is 24.8 Å². The number of fused-ring (bicyclic) bond motifs is 2. The second-order valence-corrected chi connectivity index (χ2v) is 5.15. The van der Waals surface area contributed by atoms with E-state index < -0.39 is 11.5 Å². The molecule has 2 bridgehead atoms. The van der Waals surface area contributed by atoms with Gasteiger partial charge in [0.1, 0.15) is 12.4 Å². The Labute approximate surface area is 107 Å². The van der Waals surface area contributed by atoms with E-state index in [1.54, 1.807) is 13.0 Å². The summed E-state index contributed by atoms with van der Waals surface area (Å²) in [6.07, 6.45) is 7.18. The number of hydrogen-bond acceptors (Lipinski definition) is 3. The first-order valence-corrected chi connectivity index (χ1v) is 6.29. The Bertz CT molecular complexity index is 402. The van der Waals surface area contributed by atoms with E-state index in [9.17, 15) is 9.59 Å². The van der Waals surface area contributed by atoms with E-state index in [-0.39, 0.29) is 18.3 Å². The highest BCUT2D eigenvalue weighted by Crippen LogP contribution is 2.52. The molecule has 0 aliphatic heterocycles. The molecule has 1 saturated carbocycles. The first kappa shape index (κ1) is 12.9. The lowest BCUT2D eigenvalue weighted by Crippen LogP contribution is -2.40. The van der Waals surface area contributed by atoms with Gasteiger partial charge in [0.2, 0.25) is 0 Å². The third kappa shape index (κ3) is 2.19. The second kappa shape index (κ2) is 4.96. The molecule has 1 N–H and O–H groups in total. The summed E-state index contributed by atoms with van der Waals surface area (Å²) in [6.45, 7) is 5.66. The standard InChI is InChI=1S/C14H19NO3/c1-3-6-15-13(17)18-9-14(10(2)16)8-11-4-5-12(14)7-11/h3-5,11-12H,1,6-9H2,2H3,(H,15,17). The molecule has 0 aromatic carbocycles. The molecule has 2 aliphatic rings. The maximum absolute atomic E-state index is 11.9. The molecule has 0 aromatic heterocycles. The van der Waals surface area contributed by atoms with Gasteiger partial charge in [0.15, 0.2) is 0 Å². The van der Waals surface area contributed by atoms with Gasteiger partial charge in [-0.3, -0.25) is 4.79 Å². The molecule has 2 aliphatic carbocycles. The molecule has 4 heteroatoms. The van der Waals surface area contributed by atoms with Crippen molar-refractivity contribution in [2.24, 2.45) is 17.3 Å². The van der Waals surface area contributed by atoms with Crippen molar-refractivity contribution in [3.63, 3.8) is 0 Å². The molecular weight excluding hydrogens is 230 g/mol. The molecule has 1 amide bonds. The van der Waals surface area contributed by atoms with Crippen molar-refractivity contribution in [1.82, 2.24) is 5.32 Å². The van der Waals surface area contributed by atoms with Crippen LogP contribution in [0.1, 0.15) is 19.8 Å². The van der Waals surface area contributed by atoms with Gasteiger partial charge < -0.3 is 10.1 Å². The zero-order valence-corrected chi connectivity index (χ0v) is 10.6. The summed E-state index contributed by atoms with van der Waals surface area (Å²) in [7, 11) is 0. The lowest BCUT2D eigenvalue weighted by atomic mass is 9.73. The number of allylic oxidation sites excluding steroid dienone is 2. The maximum Gasteiger partial charge on any atom is 0.407 e. The van der Waals surface area contributed by atoms with Crippen LogP contribution in [0.25, 0.3) is 0 Å². The molecule has 1 fully saturated rings. The van der Waals surface area contributed by atoms with Crippen LogP contribution < -0.4 is 5.32 Å². The number of hydrogen-bond donors (Lipinski definition) is 1. The van der Waals surface area contributed by atoms with Crippen molar-refractivity contribution < 1.29 is 14.3 Å². The predicted octanol–water partition coefficient (Wildman–Crippen LogP) is 2.07. The zero-order chi connectivity index (χ0) is 13.2. The summed E-state index contributed by atoms with van der Waals surface area (Å²) in [5.74, 6) is 0.821. The van der Waals surface area contributed by atoms with Crippen molar-refractivity contribution >= 4 is 11.9 Å². The molecule has 0 radical (unpaired) electrons. The predicted molar refractivity (Wildman–Crippen MR) is 68.0 cm³/mol. The minimum Gasteiger partial charge on any atom is -0.448 e. The lowest BCUT2D eigenvalue weighted by molar-refractivity contribution is -0.130. The molecule has 0 saturated heterocycles. The number of ether oxygens (including phenoxy) is 1. The van der Waals surface area contributed by atoms with Crippen molar-refractivity contribution in [1.29, 1.82) is 0 Å². The highest BCUT2D eigenvalue weighted by molar-refractivity contribution is 5.84. The fourth-order valence-electron chi connectivity index (χ4n) is 3.03. The van der Waals surface area contributed by atoms with Gasteiger partial charge in [0.05, 0.1) is 5.41 Å². The molecule has 0 aromatic rings. The normalized spacial score (nSPS) is 32.3. The first-order valence-electron chi connectivity index (χ1n) is 6.29. The SMILES string of the molecule is C=CCNC(=O)OCC1(C(C)=O)CC2C=CC1C2. The Balaban J connectivity index is 1.96. The minimum atomic E-state index is -0.495. The molecular formula is C14H19NO3. The average molecular weight is 249 g/mol. The molecule has 0 heterocycles. The van der Waals surface area contributed by atoms with E-state index >= 15 is 0 Å². The van der Waals surface area contributed by atoms with Gasteiger partial charge in [-0.25, -0.2) is 4.79 Å². The van der Waals surface area contributed by atoms with Crippen LogP contribution in [0.3, 0.4) is 0 Å². The number of ketones is 1. The summed E-state index contributed by atoms with van der Waals surface area (Å²) < 4.78 is 5.19. The average Bonchev–Trinajstić information content (AvgIpc) is 2.94. The summed E-state index contributed by atoms with van der Waals surface area (Å²) >= 11 is 0. The molecule has 3 atom stereocenters. The third-order valence-electron chi connectivity index (χ3n) is 4.06. The number of carbonyl (C=O) groups is 2. The van der Waals surface area contributed by atoms with Gasteiger partial charge in [-0.15, -0.1) is 6.58 Å². The fraction of sp³-hybridized carbons (Fsp3) is 0.571. The van der Waals surface area contributed by atoms with E-state index in [1.165, 1.54) is 0 Å². The quantitative estimate of drug-likeness (QED) is 0.759. The van der Waals surface area contributed by atoms with Crippen molar-refractivity contribution in [2.45, 2.75) is 19.8 Å². The van der Waals surface area contributed by atoms with E-state index in [1.807, 2.05) is 0 Å². The summed E-state index contributed by atoms with van der Waals surface area (Å²) in [5.41, 5.74) is -0.495. The van der Waals surface area contributed by atoms with E-state index in [4.69, 9.17) is 4.74 Å². The van der Waals surface area contributed by atoms with Crippen LogP contribution in [0.4, 0.5) is 4.79 Å². The Hall–Kier alpha value is -1.58. The number of rotatable bonds is 5. The zero-order valence-electron chi connectivity index (χ0n) is 10.6. The fourth-order valence-corrected chi connectivity index (χ4v) is 3.03. The molecule has 2 rings (SSSR count). The number of Topliss-reactive ketones (excluding diaryl/α,β-unsaturated/α-hetero) is 1. The van der Waals surface area contributed by atoms with Gasteiger partial charge in [-0.05, 0) is 31.6 Å². The Morgan fingerprint density at radius 3 is 2.83 bits per heavy atom. The van der Waals surface area contributed by atoms with Crippen molar-refractivity contribution in [3.05, 3.63) is 24.8 Å². The van der Waals surface area contributed by atoms with Crippen LogP contribution in [-0.4, -0.2) is 25.0 Å². The molecule has 4 nitrogen and oxygen atoms in total. The summed E-state index contributed by atoms with van der Waals surface area (Å²) in [5, 5.41) is 2.55. The lowest BCUT2D eigenvalue weighted by Gasteiger charge is -2.32. The number of carbonyl (C=O) groups excluding carboxylic acids is 2.